The number of benzene rings is 2. The van der Waals surface area contributed by atoms with E-state index in [9.17, 15) is 9.59 Å². The molecule has 0 aromatic heterocycles. The van der Waals surface area contributed by atoms with Crippen molar-refractivity contribution in [3.8, 4) is 0 Å². The number of ether oxygens (including phenoxy) is 4. The SMILES string of the molecule is C=CCc1c(C)cccc1C(=O)OCC1CO1.C=CCc1ccccc1C(=O)OCC1CO1. The molecule has 174 valence electrons. The van der Waals surface area contributed by atoms with Crippen molar-refractivity contribution in [3.05, 3.63) is 95.6 Å². The van der Waals surface area contributed by atoms with Crippen molar-refractivity contribution >= 4 is 11.9 Å². The predicted molar refractivity (Wildman–Crippen MR) is 125 cm³/mol. The van der Waals surface area contributed by atoms with Crippen molar-refractivity contribution in [1.82, 2.24) is 0 Å². The molecule has 33 heavy (non-hydrogen) atoms. The second-order valence-corrected chi connectivity index (χ2v) is 7.85. The van der Waals surface area contributed by atoms with Crippen molar-refractivity contribution in [2.75, 3.05) is 26.4 Å². The molecule has 2 heterocycles. The molecule has 0 N–H and O–H groups in total. The quantitative estimate of drug-likeness (QED) is 0.306. The van der Waals surface area contributed by atoms with E-state index in [0.717, 1.165) is 16.7 Å². The van der Waals surface area contributed by atoms with Crippen LogP contribution >= 0.6 is 0 Å². The lowest BCUT2D eigenvalue weighted by atomic mass is 9.99. The molecule has 0 amide bonds. The van der Waals surface area contributed by atoms with Gasteiger partial charge in [0.15, 0.2) is 0 Å². The van der Waals surface area contributed by atoms with Crippen molar-refractivity contribution in [2.45, 2.75) is 32.0 Å². The summed E-state index contributed by atoms with van der Waals surface area (Å²) in [6.07, 6.45) is 5.13. The average molecular weight is 451 g/mol. The van der Waals surface area contributed by atoms with Crippen molar-refractivity contribution in [1.29, 1.82) is 0 Å². The van der Waals surface area contributed by atoms with Gasteiger partial charge in [0.05, 0.1) is 24.3 Å². The molecule has 0 aliphatic carbocycles. The minimum absolute atomic E-state index is 0.103. The van der Waals surface area contributed by atoms with Crippen LogP contribution in [0.2, 0.25) is 0 Å². The maximum Gasteiger partial charge on any atom is 0.338 e. The summed E-state index contributed by atoms with van der Waals surface area (Å²) in [6, 6.07) is 13.1. The molecule has 0 spiro atoms. The Morgan fingerprint density at radius 3 is 2.00 bits per heavy atom. The zero-order chi connectivity index (χ0) is 23.6. The third-order valence-corrected chi connectivity index (χ3v) is 5.19. The lowest BCUT2D eigenvalue weighted by Crippen LogP contribution is -2.12. The number of carbonyl (C=O) groups is 2. The van der Waals surface area contributed by atoms with Gasteiger partial charge in [-0.15, -0.1) is 13.2 Å². The highest BCUT2D eigenvalue weighted by Crippen LogP contribution is 2.18. The second-order valence-electron chi connectivity index (χ2n) is 7.85. The van der Waals surface area contributed by atoms with Gasteiger partial charge in [-0.25, -0.2) is 9.59 Å². The zero-order valence-electron chi connectivity index (χ0n) is 19.0. The summed E-state index contributed by atoms with van der Waals surface area (Å²) in [5, 5.41) is 0. The number of rotatable bonds is 10. The van der Waals surface area contributed by atoms with E-state index in [1.807, 2.05) is 37.3 Å². The van der Waals surface area contributed by atoms with Gasteiger partial charge in [0, 0.05) is 0 Å². The molecule has 0 radical (unpaired) electrons. The Bertz CT molecular complexity index is 988. The van der Waals surface area contributed by atoms with E-state index in [4.69, 9.17) is 18.9 Å². The van der Waals surface area contributed by atoms with Crippen molar-refractivity contribution in [2.24, 2.45) is 0 Å². The first-order chi connectivity index (χ1) is 16.0. The fourth-order valence-corrected chi connectivity index (χ4v) is 3.18. The van der Waals surface area contributed by atoms with Crippen LogP contribution < -0.4 is 0 Å². The Hall–Kier alpha value is -3.22. The molecule has 0 saturated carbocycles. The summed E-state index contributed by atoms with van der Waals surface area (Å²) in [4.78, 5) is 23.7. The second kappa shape index (κ2) is 12.1. The van der Waals surface area contributed by atoms with Crippen LogP contribution in [0.25, 0.3) is 0 Å². The maximum absolute atomic E-state index is 11.9. The monoisotopic (exact) mass is 450 g/mol. The Balaban J connectivity index is 0.000000186. The zero-order valence-corrected chi connectivity index (χ0v) is 19.0. The Morgan fingerprint density at radius 1 is 0.879 bits per heavy atom. The molecule has 6 heteroatoms. The highest BCUT2D eigenvalue weighted by atomic mass is 16.6. The highest BCUT2D eigenvalue weighted by Gasteiger charge is 2.26. The minimum Gasteiger partial charge on any atom is -0.459 e. The first-order valence-corrected chi connectivity index (χ1v) is 11.0. The molecule has 2 aromatic rings. The van der Waals surface area contributed by atoms with Crippen LogP contribution in [0.4, 0.5) is 0 Å². The highest BCUT2D eigenvalue weighted by molar-refractivity contribution is 5.92. The molecule has 2 atom stereocenters. The van der Waals surface area contributed by atoms with E-state index < -0.39 is 0 Å². The smallest absolute Gasteiger partial charge is 0.338 e. The minimum atomic E-state index is -0.284. The van der Waals surface area contributed by atoms with Crippen LogP contribution in [0.15, 0.2) is 67.8 Å². The van der Waals surface area contributed by atoms with Crippen LogP contribution in [-0.2, 0) is 31.8 Å². The molecule has 0 bridgehead atoms. The van der Waals surface area contributed by atoms with Crippen LogP contribution in [0.1, 0.15) is 37.4 Å². The van der Waals surface area contributed by atoms with Crippen LogP contribution in [0.3, 0.4) is 0 Å². The number of epoxide rings is 2. The first kappa shape index (κ1) is 24.4. The Morgan fingerprint density at radius 2 is 1.42 bits per heavy atom. The molecule has 2 aromatic carbocycles. The normalized spacial score (nSPS) is 17.7. The average Bonchev–Trinajstić information content (AvgIpc) is 3.74. The van der Waals surface area contributed by atoms with Gasteiger partial charge in [-0.05, 0) is 48.6 Å². The lowest BCUT2D eigenvalue weighted by molar-refractivity contribution is 0.0467. The van der Waals surface area contributed by atoms with Crippen LogP contribution in [-0.4, -0.2) is 50.6 Å². The number of hydrogen-bond donors (Lipinski definition) is 0. The summed E-state index contributed by atoms with van der Waals surface area (Å²) < 4.78 is 20.3. The Labute approximate surface area is 194 Å². The van der Waals surface area contributed by atoms with Gasteiger partial charge in [-0.2, -0.15) is 0 Å². The number of allylic oxidation sites excluding steroid dienone is 2. The molecule has 6 nitrogen and oxygen atoms in total. The molecular weight excluding hydrogens is 420 g/mol. The van der Waals surface area contributed by atoms with Crippen LogP contribution in [0, 0.1) is 6.92 Å². The molecule has 2 fully saturated rings. The maximum atomic E-state index is 11.9. The third kappa shape index (κ3) is 7.70. The van der Waals surface area contributed by atoms with Gasteiger partial charge in [-0.3, -0.25) is 0 Å². The number of aryl methyl sites for hydroxylation is 1. The molecule has 2 saturated heterocycles. The Kier molecular flexibility index (Phi) is 8.98. The fourth-order valence-electron chi connectivity index (χ4n) is 3.18. The predicted octanol–water partition coefficient (Wildman–Crippen LogP) is 4.25. The summed E-state index contributed by atoms with van der Waals surface area (Å²) in [7, 11) is 0. The van der Waals surface area contributed by atoms with E-state index >= 15 is 0 Å². The van der Waals surface area contributed by atoms with E-state index in [2.05, 4.69) is 13.2 Å². The summed E-state index contributed by atoms with van der Waals surface area (Å²) in [5.74, 6) is -0.561. The first-order valence-electron chi connectivity index (χ1n) is 11.0. The van der Waals surface area contributed by atoms with E-state index in [1.54, 1.807) is 24.3 Å². The molecule has 2 aliphatic rings. The molecular formula is C27H30O6. The molecule has 2 aliphatic heterocycles. The van der Waals surface area contributed by atoms with E-state index in [1.165, 1.54) is 0 Å². The third-order valence-electron chi connectivity index (χ3n) is 5.19. The number of hydrogen-bond acceptors (Lipinski definition) is 6. The standard InChI is InChI=1S/C14H16O3.C13H14O3/c1-3-5-12-10(2)6-4-7-13(12)14(15)17-9-11-8-16-11;1-2-5-10-6-3-4-7-12(10)13(14)16-9-11-8-15-11/h3-4,6-7,11H,1,5,8-9H2,2H3;2-4,6-7,11H,1,5,8-9H2. The van der Waals surface area contributed by atoms with Crippen LogP contribution in [0.5, 0.6) is 0 Å². The summed E-state index contributed by atoms with van der Waals surface area (Å²) in [5.41, 5.74) is 4.26. The van der Waals surface area contributed by atoms with Gasteiger partial charge in [0.25, 0.3) is 0 Å². The molecule has 4 rings (SSSR count). The van der Waals surface area contributed by atoms with Crippen molar-refractivity contribution < 1.29 is 28.5 Å². The summed E-state index contributed by atoms with van der Waals surface area (Å²) >= 11 is 0. The largest absolute Gasteiger partial charge is 0.459 e. The lowest BCUT2D eigenvalue weighted by Gasteiger charge is -2.10. The van der Waals surface area contributed by atoms with Gasteiger partial charge in [0.2, 0.25) is 0 Å². The van der Waals surface area contributed by atoms with Gasteiger partial charge >= 0.3 is 11.9 Å². The number of carbonyl (C=O) groups excluding carboxylic acids is 2. The van der Waals surface area contributed by atoms with Gasteiger partial charge in [0.1, 0.15) is 25.4 Å². The number of esters is 2. The van der Waals surface area contributed by atoms with E-state index in [0.29, 0.717) is 50.4 Å². The fraction of sp³-hybridized carbons (Fsp3) is 0.333. The van der Waals surface area contributed by atoms with E-state index in [-0.39, 0.29) is 24.1 Å². The van der Waals surface area contributed by atoms with Gasteiger partial charge in [-0.1, -0.05) is 42.5 Å². The molecule has 2 unspecified atom stereocenters. The van der Waals surface area contributed by atoms with Gasteiger partial charge < -0.3 is 18.9 Å². The van der Waals surface area contributed by atoms with Crippen molar-refractivity contribution in [3.63, 3.8) is 0 Å². The summed E-state index contributed by atoms with van der Waals surface area (Å²) in [6.45, 7) is 11.5. The topological polar surface area (TPSA) is 77.7 Å².